The van der Waals surface area contributed by atoms with Crippen molar-refractivity contribution < 1.29 is 39.6 Å². The van der Waals surface area contributed by atoms with Gasteiger partial charge in [-0.05, 0) is 36.4 Å². The van der Waals surface area contributed by atoms with Gasteiger partial charge in [0.1, 0.15) is 0 Å². The molecule has 0 aliphatic heterocycles. The predicted octanol–water partition coefficient (Wildman–Crippen LogP) is 5.17. The van der Waals surface area contributed by atoms with Crippen molar-refractivity contribution in [1.29, 1.82) is 0 Å². The highest BCUT2D eigenvalue weighted by Gasteiger charge is 2.46. The first-order chi connectivity index (χ1) is 13.2. The van der Waals surface area contributed by atoms with E-state index < -0.39 is 33.0 Å². The van der Waals surface area contributed by atoms with Crippen molar-refractivity contribution in [2.24, 2.45) is 0 Å². The van der Waals surface area contributed by atoms with Gasteiger partial charge in [-0.15, -0.1) is 0 Å². The van der Waals surface area contributed by atoms with Crippen LogP contribution >= 0.6 is 11.6 Å². The van der Waals surface area contributed by atoms with Gasteiger partial charge in [-0.3, -0.25) is 4.72 Å². The van der Waals surface area contributed by atoms with Crippen molar-refractivity contribution >= 4 is 33.0 Å². The van der Waals surface area contributed by atoms with Crippen LogP contribution in [0, 0.1) is 0 Å². The minimum absolute atomic E-state index is 0.0250. The fraction of sp³-hybridized carbons (Fsp3) is 0.125. The third kappa shape index (κ3) is 5.70. The predicted molar refractivity (Wildman–Crippen MR) is 94.3 cm³/mol. The number of hydroxylamine groups is 1. The third-order valence-electron chi connectivity index (χ3n) is 3.31. The molecule has 0 atom stereocenters. The van der Waals surface area contributed by atoms with Crippen molar-refractivity contribution in [1.82, 2.24) is 5.48 Å². The van der Waals surface area contributed by atoms with E-state index in [-0.39, 0.29) is 22.0 Å². The number of hydrogen-bond acceptors (Lipinski definition) is 4. The molecule has 0 amide bonds. The molecule has 2 aromatic carbocycles. The van der Waals surface area contributed by atoms with Gasteiger partial charge in [-0.1, -0.05) is 24.2 Å². The Kier molecular flexibility index (Phi) is 6.28. The molecular weight excluding hydrogens is 450 g/mol. The molecule has 0 heterocycles. The summed E-state index contributed by atoms with van der Waals surface area (Å²) in [5, 5.41) is 0.0250. The number of halogens is 7. The standard InChI is InChI=1S/C16H11ClF6N2O3S/c1-9(24-28-12-4-2-3-10(7-12)15(18,19)20)13-8-11(17)5-6-14(13)25-29(26,27)16(21,22)23/h2-8,24-25H,1H2. The number of hydrogen-bond donors (Lipinski definition) is 2. The van der Waals surface area contributed by atoms with Gasteiger partial charge in [0.15, 0.2) is 5.75 Å². The number of anilines is 1. The van der Waals surface area contributed by atoms with E-state index in [2.05, 4.69) is 12.1 Å². The highest BCUT2D eigenvalue weighted by atomic mass is 35.5. The molecule has 2 N–H and O–H groups in total. The normalized spacial score (nSPS) is 12.4. The summed E-state index contributed by atoms with van der Waals surface area (Å²) >= 11 is 5.78. The summed E-state index contributed by atoms with van der Waals surface area (Å²) in [5.74, 6) is -0.277. The fourth-order valence-corrected chi connectivity index (χ4v) is 2.72. The van der Waals surface area contributed by atoms with Gasteiger partial charge >= 0.3 is 21.7 Å². The molecule has 0 spiro atoms. The summed E-state index contributed by atoms with van der Waals surface area (Å²) in [4.78, 5) is 4.96. The average Bonchev–Trinajstić information content (AvgIpc) is 2.59. The van der Waals surface area contributed by atoms with E-state index in [4.69, 9.17) is 16.4 Å². The van der Waals surface area contributed by atoms with Gasteiger partial charge in [0.05, 0.1) is 16.9 Å². The van der Waals surface area contributed by atoms with Crippen LogP contribution in [0.3, 0.4) is 0 Å². The van der Waals surface area contributed by atoms with E-state index in [1.807, 2.05) is 0 Å². The molecule has 29 heavy (non-hydrogen) atoms. The van der Waals surface area contributed by atoms with Crippen molar-refractivity contribution in [3.05, 3.63) is 65.2 Å². The molecule has 0 unspecified atom stereocenters. The first-order valence-corrected chi connectivity index (χ1v) is 9.25. The monoisotopic (exact) mass is 460 g/mol. The van der Waals surface area contributed by atoms with Crippen molar-refractivity contribution in [3.8, 4) is 5.75 Å². The van der Waals surface area contributed by atoms with E-state index in [1.54, 1.807) is 0 Å². The lowest BCUT2D eigenvalue weighted by Gasteiger charge is -2.17. The molecule has 2 aromatic rings. The summed E-state index contributed by atoms with van der Waals surface area (Å²) < 4.78 is 100.0. The van der Waals surface area contributed by atoms with Gasteiger partial charge in [0, 0.05) is 10.6 Å². The number of nitrogens with one attached hydrogen (secondary N) is 2. The maximum Gasteiger partial charge on any atom is 0.516 e. The molecule has 158 valence electrons. The summed E-state index contributed by atoms with van der Waals surface area (Å²) in [6.45, 7) is 3.47. The number of alkyl halides is 6. The fourth-order valence-electron chi connectivity index (χ4n) is 1.97. The molecular formula is C16H11ClF6N2O3S. The zero-order chi connectivity index (χ0) is 22.0. The van der Waals surface area contributed by atoms with E-state index in [9.17, 15) is 34.8 Å². The Labute approximate surface area is 165 Å². The van der Waals surface area contributed by atoms with E-state index in [1.165, 1.54) is 10.8 Å². The van der Waals surface area contributed by atoms with E-state index in [0.29, 0.717) is 6.07 Å². The van der Waals surface area contributed by atoms with Crippen LogP contribution in [0.1, 0.15) is 11.1 Å². The average molecular weight is 461 g/mol. The maximum absolute atomic E-state index is 12.7. The maximum atomic E-state index is 12.7. The Bertz CT molecular complexity index is 1020. The number of sulfonamides is 1. The molecule has 0 fully saturated rings. The van der Waals surface area contributed by atoms with Gasteiger partial charge in [-0.2, -0.15) is 34.8 Å². The molecule has 0 aromatic heterocycles. The SMILES string of the molecule is C=C(NOc1cccc(C(F)(F)F)c1)c1cc(Cl)ccc1NS(=O)(=O)C(F)(F)F. The second kappa shape index (κ2) is 8.03. The molecule has 0 saturated carbocycles. The Hall–Kier alpha value is -2.60. The zero-order valence-electron chi connectivity index (χ0n) is 14.0. The van der Waals surface area contributed by atoms with Crippen molar-refractivity contribution in [2.75, 3.05) is 4.72 Å². The highest BCUT2D eigenvalue weighted by Crippen LogP contribution is 2.32. The van der Waals surface area contributed by atoms with Crippen LogP contribution in [-0.2, 0) is 16.2 Å². The zero-order valence-corrected chi connectivity index (χ0v) is 15.6. The summed E-state index contributed by atoms with van der Waals surface area (Å²) in [5.41, 5.74) is -5.45. The Morgan fingerprint density at radius 2 is 1.69 bits per heavy atom. The largest absolute Gasteiger partial charge is 0.516 e. The Morgan fingerprint density at radius 1 is 1.03 bits per heavy atom. The summed E-state index contributed by atoms with van der Waals surface area (Å²) in [7, 11) is -5.74. The van der Waals surface area contributed by atoms with Gasteiger partial charge in [0.2, 0.25) is 0 Å². The van der Waals surface area contributed by atoms with Crippen molar-refractivity contribution in [2.45, 2.75) is 11.7 Å². The summed E-state index contributed by atoms with van der Waals surface area (Å²) in [6.07, 6.45) is -4.62. The van der Waals surface area contributed by atoms with Gasteiger partial charge in [-0.25, -0.2) is 5.48 Å². The topological polar surface area (TPSA) is 67.4 Å². The van der Waals surface area contributed by atoms with Crippen LogP contribution in [-0.4, -0.2) is 13.9 Å². The van der Waals surface area contributed by atoms with Crippen molar-refractivity contribution in [3.63, 3.8) is 0 Å². The second-order valence-corrected chi connectivity index (χ2v) is 7.56. The minimum atomic E-state index is -5.74. The minimum Gasteiger partial charge on any atom is -0.382 e. The molecule has 13 heteroatoms. The van der Waals surface area contributed by atoms with Crippen LogP contribution in [0.2, 0.25) is 5.02 Å². The lowest BCUT2D eigenvalue weighted by atomic mass is 10.1. The summed E-state index contributed by atoms with van der Waals surface area (Å²) in [6, 6.07) is 6.90. The van der Waals surface area contributed by atoms with Crippen LogP contribution in [0.25, 0.3) is 5.70 Å². The van der Waals surface area contributed by atoms with Crippen LogP contribution in [0.15, 0.2) is 49.0 Å². The molecule has 0 aliphatic rings. The molecule has 5 nitrogen and oxygen atoms in total. The first-order valence-electron chi connectivity index (χ1n) is 7.39. The quantitative estimate of drug-likeness (QED) is 0.461. The number of rotatable bonds is 6. The lowest BCUT2D eigenvalue weighted by Crippen LogP contribution is -2.30. The highest BCUT2D eigenvalue weighted by molar-refractivity contribution is 7.93. The van der Waals surface area contributed by atoms with Crippen LogP contribution in [0.4, 0.5) is 32.0 Å². The molecule has 2 rings (SSSR count). The lowest BCUT2D eigenvalue weighted by molar-refractivity contribution is -0.137. The van der Waals surface area contributed by atoms with E-state index >= 15 is 0 Å². The molecule has 0 radical (unpaired) electrons. The molecule has 0 saturated heterocycles. The van der Waals surface area contributed by atoms with Crippen LogP contribution < -0.4 is 15.0 Å². The second-order valence-electron chi connectivity index (χ2n) is 5.45. The molecule has 0 bridgehead atoms. The van der Waals surface area contributed by atoms with Gasteiger partial charge < -0.3 is 4.84 Å². The number of benzene rings is 2. The molecule has 0 aliphatic carbocycles. The van der Waals surface area contributed by atoms with Gasteiger partial charge in [0.25, 0.3) is 0 Å². The Morgan fingerprint density at radius 3 is 2.28 bits per heavy atom. The Balaban J connectivity index is 2.24. The van der Waals surface area contributed by atoms with Crippen LogP contribution in [0.5, 0.6) is 5.75 Å². The first kappa shape index (κ1) is 22.7. The van der Waals surface area contributed by atoms with E-state index in [0.717, 1.165) is 30.3 Å². The third-order valence-corrected chi connectivity index (χ3v) is 4.64. The smallest absolute Gasteiger partial charge is 0.382 e.